The third kappa shape index (κ3) is 3.64. The van der Waals surface area contributed by atoms with E-state index >= 15 is 0 Å². The van der Waals surface area contributed by atoms with Gasteiger partial charge in [0.15, 0.2) is 0 Å². The lowest BCUT2D eigenvalue weighted by Crippen LogP contribution is -2.53. The van der Waals surface area contributed by atoms with E-state index in [9.17, 15) is 4.79 Å². The summed E-state index contributed by atoms with van der Waals surface area (Å²) in [5, 5.41) is 0.724. The van der Waals surface area contributed by atoms with Gasteiger partial charge in [0.05, 0.1) is 13.0 Å². The molecule has 0 aromatic rings. The van der Waals surface area contributed by atoms with Crippen molar-refractivity contribution in [2.24, 2.45) is 52.3 Å². The number of ether oxygens (including phenoxy) is 1. The van der Waals surface area contributed by atoms with E-state index in [0.29, 0.717) is 16.7 Å². The van der Waals surface area contributed by atoms with Gasteiger partial charge >= 0.3 is 5.97 Å². The molecular formula is C26H43BrO2. The minimum absolute atomic E-state index is 0.00516. The van der Waals surface area contributed by atoms with Gasteiger partial charge in [-0.15, -0.1) is 0 Å². The van der Waals surface area contributed by atoms with Crippen LogP contribution in [0.1, 0.15) is 91.4 Å². The number of alkyl halides is 1. The molecule has 4 aliphatic rings. The average molecular weight is 468 g/mol. The first-order chi connectivity index (χ1) is 13.8. The fraction of sp³-hybridized carbons (Fsp3) is 0.962. The predicted molar refractivity (Wildman–Crippen MR) is 123 cm³/mol. The third-order valence-electron chi connectivity index (χ3n) is 10.7. The maximum absolute atomic E-state index is 12.2. The van der Waals surface area contributed by atoms with Crippen LogP contribution in [0.3, 0.4) is 0 Å². The second-order valence-electron chi connectivity index (χ2n) is 11.7. The smallest absolute Gasteiger partial charge is 0.309 e. The summed E-state index contributed by atoms with van der Waals surface area (Å²) in [6, 6.07) is 0. The summed E-state index contributed by atoms with van der Waals surface area (Å²) in [6.07, 6.45) is 15.6. The molecule has 166 valence electrons. The Bertz CT molecular complexity index is 606. The van der Waals surface area contributed by atoms with E-state index < -0.39 is 0 Å². The Hall–Kier alpha value is -0.0500. The zero-order valence-electron chi connectivity index (χ0n) is 19.2. The van der Waals surface area contributed by atoms with Crippen molar-refractivity contribution in [1.29, 1.82) is 0 Å². The van der Waals surface area contributed by atoms with Crippen molar-refractivity contribution in [3.05, 3.63) is 0 Å². The van der Waals surface area contributed by atoms with Gasteiger partial charge in [0.1, 0.15) is 0 Å². The highest BCUT2D eigenvalue weighted by Gasteiger charge is 2.60. The first kappa shape index (κ1) is 22.2. The summed E-state index contributed by atoms with van der Waals surface area (Å²) < 4.78 is 5.06. The molecule has 4 rings (SSSR count). The summed E-state index contributed by atoms with van der Waals surface area (Å²) in [5.41, 5.74) is 1.13. The second-order valence-corrected chi connectivity index (χ2v) is 12.4. The van der Waals surface area contributed by atoms with Gasteiger partial charge in [-0.25, -0.2) is 0 Å². The summed E-state index contributed by atoms with van der Waals surface area (Å²) in [5.74, 6) is 5.23. The van der Waals surface area contributed by atoms with Gasteiger partial charge < -0.3 is 4.74 Å². The van der Waals surface area contributed by atoms with Crippen LogP contribution in [-0.4, -0.2) is 18.4 Å². The van der Waals surface area contributed by atoms with Gasteiger partial charge in [0.25, 0.3) is 0 Å². The molecule has 0 bridgehead atoms. The molecule has 0 heterocycles. The topological polar surface area (TPSA) is 26.3 Å². The largest absolute Gasteiger partial charge is 0.469 e. The van der Waals surface area contributed by atoms with Crippen LogP contribution in [0, 0.1) is 52.3 Å². The maximum atomic E-state index is 12.2. The highest BCUT2D eigenvalue weighted by molar-refractivity contribution is 9.09. The third-order valence-corrected chi connectivity index (χ3v) is 11.5. The Balaban J connectivity index is 1.50. The molecule has 4 aliphatic carbocycles. The molecule has 3 heteroatoms. The van der Waals surface area contributed by atoms with Crippen LogP contribution < -0.4 is 0 Å². The molecule has 4 fully saturated rings. The van der Waals surface area contributed by atoms with Crippen molar-refractivity contribution in [3.63, 3.8) is 0 Å². The molecule has 29 heavy (non-hydrogen) atoms. The van der Waals surface area contributed by atoms with Gasteiger partial charge in [0.2, 0.25) is 0 Å². The van der Waals surface area contributed by atoms with E-state index in [1.165, 1.54) is 71.3 Å². The van der Waals surface area contributed by atoms with E-state index in [1.54, 1.807) is 0 Å². The standard InChI is InChI=1S/C26H43BrO2/c1-17(15-18(16-27)24(28)29-4)21-10-11-22-20-9-8-19-7-5-6-13-25(19,2)23(20)12-14-26(21,22)3/h17-23H,5-16H2,1-4H3/t17-,18?,19?,20?,21?,22?,23?,25?,26?/m1/s1. The summed E-state index contributed by atoms with van der Waals surface area (Å²) in [4.78, 5) is 12.2. The van der Waals surface area contributed by atoms with Crippen LogP contribution in [-0.2, 0) is 9.53 Å². The van der Waals surface area contributed by atoms with Crippen molar-refractivity contribution in [3.8, 4) is 0 Å². The fourth-order valence-electron chi connectivity index (χ4n) is 9.27. The molecule has 0 spiro atoms. The molecule has 0 N–H and O–H groups in total. The van der Waals surface area contributed by atoms with Crippen molar-refractivity contribution in [2.75, 3.05) is 12.4 Å². The van der Waals surface area contributed by atoms with Crippen LogP contribution in [0.15, 0.2) is 0 Å². The lowest BCUT2D eigenvalue weighted by atomic mass is 9.44. The SMILES string of the molecule is COC(=O)C(CBr)C[C@@H](C)C1CCC2C3CCC4CCCCC4(C)C3CCC21C. The number of esters is 1. The molecular weight excluding hydrogens is 424 g/mol. The Morgan fingerprint density at radius 2 is 1.76 bits per heavy atom. The molecule has 9 atom stereocenters. The summed E-state index contributed by atoms with van der Waals surface area (Å²) in [7, 11) is 1.53. The lowest BCUT2D eigenvalue weighted by Gasteiger charge is -2.61. The normalized spacial score (nSPS) is 46.2. The van der Waals surface area contributed by atoms with E-state index in [4.69, 9.17) is 4.74 Å². The monoisotopic (exact) mass is 466 g/mol. The van der Waals surface area contributed by atoms with Gasteiger partial charge in [0, 0.05) is 5.33 Å². The highest BCUT2D eigenvalue weighted by Crippen LogP contribution is 2.68. The Labute approximate surface area is 187 Å². The van der Waals surface area contributed by atoms with E-state index in [1.807, 2.05) is 0 Å². The van der Waals surface area contributed by atoms with Crippen LogP contribution in [0.5, 0.6) is 0 Å². The average Bonchev–Trinajstić information content (AvgIpc) is 3.08. The minimum Gasteiger partial charge on any atom is -0.469 e. The second kappa shape index (κ2) is 8.47. The van der Waals surface area contributed by atoms with Gasteiger partial charge in [-0.2, -0.15) is 0 Å². The summed E-state index contributed by atoms with van der Waals surface area (Å²) >= 11 is 3.56. The molecule has 0 amide bonds. The van der Waals surface area contributed by atoms with Crippen LogP contribution in [0.25, 0.3) is 0 Å². The number of methoxy groups -OCH3 is 1. The number of carbonyl (C=O) groups is 1. The van der Waals surface area contributed by atoms with Gasteiger partial charge in [-0.1, -0.05) is 49.5 Å². The number of rotatable bonds is 5. The van der Waals surface area contributed by atoms with Gasteiger partial charge in [-0.3, -0.25) is 4.79 Å². The van der Waals surface area contributed by atoms with Crippen molar-refractivity contribution in [1.82, 2.24) is 0 Å². The van der Waals surface area contributed by atoms with Crippen molar-refractivity contribution in [2.45, 2.75) is 91.4 Å². The predicted octanol–water partition coefficient (Wildman–Crippen LogP) is 7.25. The first-order valence-corrected chi connectivity index (χ1v) is 13.6. The molecule has 4 saturated carbocycles. The Morgan fingerprint density at radius 3 is 2.48 bits per heavy atom. The number of halogens is 1. The lowest BCUT2D eigenvalue weighted by molar-refractivity contribution is -0.145. The number of hydrogen-bond donors (Lipinski definition) is 0. The van der Waals surface area contributed by atoms with E-state index in [0.717, 1.165) is 41.3 Å². The molecule has 0 saturated heterocycles. The molecule has 8 unspecified atom stereocenters. The van der Waals surface area contributed by atoms with E-state index in [-0.39, 0.29) is 11.9 Å². The number of carbonyl (C=O) groups excluding carboxylic acids is 1. The quantitative estimate of drug-likeness (QED) is 0.315. The molecule has 2 nitrogen and oxygen atoms in total. The van der Waals surface area contributed by atoms with Crippen molar-refractivity contribution < 1.29 is 9.53 Å². The Morgan fingerprint density at radius 1 is 1.00 bits per heavy atom. The molecule has 0 aliphatic heterocycles. The van der Waals surface area contributed by atoms with E-state index in [2.05, 4.69) is 36.7 Å². The maximum Gasteiger partial charge on any atom is 0.309 e. The number of hydrogen-bond acceptors (Lipinski definition) is 2. The van der Waals surface area contributed by atoms with Crippen LogP contribution in [0.4, 0.5) is 0 Å². The minimum atomic E-state index is -0.0410. The first-order valence-electron chi connectivity index (χ1n) is 12.5. The summed E-state index contributed by atoms with van der Waals surface area (Å²) in [6.45, 7) is 7.74. The molecule has 0 radical (unpaired) electrons. The number of fused-ring (bicyclic) bond motifs is 5. The molecule has 0 aromatic carbocycles. The van der Waals surface area contributed by atoms with Gasteiger partial charge in [-0.05, 0) is 104 Å². The zero-order chi connectivity index (χ0) is 20.8. The van der Waals surface area contributed by atoms with Crippen LogP contribution in [0.2, 0.25) is 0 Å². The van der Waals surface area contributed by atoms with Crippen molar-refractivity contribution >= 4 is 21.9 Å². The fourth-order valence-corrected chi connectivity index (χ4v) is 9.80. The highest BCUT2D eigenvalue weighted by atomic mass is 79.9. The molecule has 0 aromatic heterocycles. The Kier molecular flexibility index (Phi) is 6.47. The zero-order valence-corrected chi connectivity index (χ0v) is 20.8. The van der Waals surface area contributed by atoms with Crippen LogP contribution >= 0.6 is 15.9 Å².